The predicted molar refractivity (Wildman–Crippen MR) is 90.1 cm³/mol. The van der Waals surface area contributed by atoms with Crippen molar-refractivity contribution in [1.82, 2.24) is 10.2 Å². The number of hydrogen-bond donors (Lipinski definition) is 2. The zero-order chi connectivity index (χ0) is 17.5. The van der Waals surface area contributed by atoms with Crippen molar-refractivity contribution in [2.24, 2.45) is 0 Å². The van der Waals surface area contributed by atoms with E-state index in [-0.39, 0.29) is 31.1 Å². The van der Waals surface area contributed by atoms with E-state index in [1.54, 1.807) is 0 Å². The van der Waals surface area contributed by atoms with Crippen LogP contribution in [0, 0.1) is 0 Å². The molecule has 0 rings (SSSR count). The summed E-state index contributed by atoms with van der Waals surface area (Å²) >= 11 is 0. The Kier molecular flexibility index (Phi) is 13.1. The molecule has 0 spiro atoms. The largest absolute Gasteiger partial charge is 0.481 e. The second-order valence-electron chi connectivity index (χ2n) is 5.79. The number of aliphatic carboxylic acids is 1. The average Bonchev–Trinajstić information content (AvgIpc) is 2.51. The second kappa shape index (κ2) is 14.0. The van der Waals surface area contributed by atoms with E-state index in [2.05, 4.69) is 5.32 Å². The lowest BCUT2D eigenvalue weighted by molar-refractivity contribution is -0.137. The van der Waals surface area contributed by atoms with Crippen molar-refractivity contribution < 1.29 is 19.5 Å². The minimum Gasteiger partial charge on any atom is -0.481 e. The summed E-state index contributed by atoms with van der Waals surface area (Å²) in [6.45, 7) is 6.18. The highest BCUT2D eigenvalue weighted by Gasteiger charge is 2.13. The van der Waals surface area contributed by atoms with Crippen LogP contribution in [0.4, 0.5) is 0 Å². The van der Waals surface area contributed by atoms with Gasteiger partial charge in [0.2, 0.25) is 11.8 Å². The summed E-state index contributed by atoms with van der Waals surface area (Å²) in [4.78, 5) is 35.9. The number of carbonyl (C=O) groups excluding carboxylic acids is 2. The predicted octanol–water partition coefficient (Wildman–Crippen LogP) is 2.57. The molecule has 134 valence electrons. The van der Waals surface area contributed by atoms with Gasteiger partial charge in [-0.1, -0.05) is 26.7 Å². The first kappa shape index (κ1) is 21.4. The van der Waals surface area contributed by atoms with E-state index in [4.69, 9.17) is 5.11 Å². The summed E-state index contributed by atoms with van der Waals surface area (Å²) in [6, 6.07) is 0. The molecule has 0 saturated carbocycles. The molecule has 0 aliphatic carbocycles. The molecule has 0 unspecified atom stereocenters. The Labute approximate surface area is 139 Å². The Morgan fingerprint density at radius 3 is 2.04 bits per heavy atom. The molecule has 6 heteroatoms. The van der Waals surface area contributed by atoms with Crippen molar-refractivity contribution in [2.45, 2.75) is 71.6 Å². The summed E-state index contributed by atoms with van der Waals surface area (Å²) in [7, 11) is 0. The van der Waals surface area contributed by atoms with Gasteiger partial charge in [0.1, 0.15) is 0 Å². The molecule has 2 N–H and O–H groups in total. The number of carboxylic acid groups (broad SMARTS) is 1. The molecule has 0 aromatic rings. The van der Waals surface area contributed by atoms with Crippen LogP contribution in [0.25, 0.3) is 0 Å². The third-order valence-electron chi connectivity index (χ3n) is 3.55. The monoisotopic (exact) mass is 328 g/mol. The van der Waals surface area contributed by atoms with E-state index >= 15 is 0 Å². The van der Waals surface area contributed by atoms with E-state index < -0.39 is 5.97 Å². The number of amides is 2. The van der Waals surface area contributed by atoms with Gasteiger partial charge in [0.05, 0.1) is 0 Å². The maximum absolute atomic E-state index is 12.0. The molecular weight excluding hydrogens is 296 g/mol. The summed E-state index contributed by atoms with van der Waals surface area (Å²) in [5, 5.41) is 11.3. The minimum atomic E-state index is -0.761. The van der Waals surface area contributed by atoms with Crippen LogP contribution in [-0.2, 0) is 14.4 Å². The fourth-order valence-corrected chi connectivity index (χ4v) is 2.35. The standard InChI is InChI=1S/C17H32N2O4/c1-3-13-19(14-4-2)16(21)11-10-15(20)18-12-8-6-5-7-9-17(22)23/h3-14H2,1-2H3,(H,18,20)(H,22,23). The summed E-state index contributed by atoms with van der Waals surface area (Å²) in [5.74, 6) is -0.794. The Hall–Kier alpha value is -1.59. The molecule has 0 heterocycles. The summed E-state index contributed by atoms with van der Waals surface area (Å²) in [5.41, 5.74) is 0. The van der Waals surface area contributed by atoms with Gasteiger partial charge in [-0.2, -0.15) is 0 Å². The number of rotatable bonds is 14. The fourth-order valence-electron chi connectivity index (χ4n) is 2.35. The third-order valence-corrected chi connectivity index (χ3v) is 3.55. The molecule has 0 aromatic carbocycles. The van der Waals surface area contributed by atoms with Crippen LogP contribution in [0.2, 0.25) is 0 Å². The average molecular weight is 328 g/mol. The van der Waals surface area contributed by atoms with Gasteiger partial charge in [-0.15, -0.1) is 0 Å². The quantitative estimate of drug-likeness (QED) is 0.480. The van der Waals surface area contributed by atoms with Gasteiger partial charge in [0.25, 0.3) is 0 Å². The van der Waals surface area contributed by atoms with Gasteiger partial charge in [-0.25, -0.2) is 0 Å². The molecule has 0 atom stereocenters. The maximum Gasteiger partial charge on any atom is 0.303 e. The highest BCUT2D eigenvalue weighted by molar-refractivity contribution is 5.83. The van der Waals surface area contributed by atoms with Crippen LogP contribution in [-0.4, -0.2) is 47.4 Å². The second-order valence-corrected chi connectivity index (χ2v) is 5.79. The van der Waals surface area contributed by atoms with Crippen LogP contribution < -0.4 is 5.32 Å². The Balaban J connectivity index is 3.69. The lowest BCUT2D eigenvalue weighted by Crippen LogP contribution is -2.33. The van der Waals surface area contributed by atoms with E-state index in [9.17, 15) is 14.4 Å². The highest BCUT2D eigenvalue weighted by atomic mass is 16.4. The van der Waals surface area contributed by atoms with Crippen molar-refractivity contribution in [1.29, 1.82) is 0 Å². The molecule has 0 aromatic heterocycles. The molecule has 0 aliphatic heterocycles. The van der Waals surface area contributed by atoms with Gasteiger partial charge < -0.3 is 15.3 Å². The zero-order valence-electron chi connectivity index (χ0n) is 14.6. The van der Waals surface area contributed by atoms with Crippen molar-refractivity contribution in [3.8, 4) is 0 Å². The third kappa shape index (κ3) is 12.6. The van der Waals surface area contributed by atoms with E-state index in [1.807, 2.05) is 18.7 Å². The molecule has 0 radical (unpaired) electrons. The SMILES string of the molecule is CCCN(CCC)C(=O)CCC(=O)NCCCCCCC(=O)O. The molecular formula is C17H32N2O4. The molecule has 23 heavy (non-hydrogen) atoms. The fraction of sp³-hybridized carbons (Fsp3) is 0.824. The lowest BCUT2D eigenvalue weighted by atomic mass is 10.1. The molecule has 0 fully saturated rings. The van der Waals surface area contributed by atoms with Crippen LogP contribution in [0.15, 0.2) is 0 Å². The number of nitrogens with zero attached hydrogens (tertiary/aromatic N) is 1. The van der Waals surface area contributed by atoms with Gasteiger partial charge in [0, 0.05) is 38.9 Å². The van der Waals surface area contributed by atoms with E-state index in [0.29, 0.717) is 13.0 Å². The molecule has 6 nitrogen and oxygen atoms in total. The first-order chi connectivity index (χ1) is 11.0. The molecule has 2 amide bonds. The van der Waals surface area contributed by atoms with Gasteiger partial charge in [-0.05, 0) is 25.7 Å². The van der Waals surface area contributed by atoms with Gasteiger partial charge >= 0.3 is 5.97 Å². The number of carbonyl (C=O) groups is 3. The van der Waals surface area contributed by atoms with Crippen molar-refractivity contribution >= 4 is 17.8 Å². The molecule has 0 aliphatic rings. The smallest absolute Gasteiger partial charge is 0.303 e. The first-order valence-corrected chi connectivity index (χ1v) is 8.77. The van der Waals surface area contributed by atoms with Crippen molar-refractivity contribution in [3.63, 3.8) is 0 Å². The van der Waals surface area contributed by atoms with Crippen LogP contribution >= 0.6 is 0 Å². The topological polar surface area (TPSA) is 86.7 Å². The van der Waals surface area contributed by atoms with Crippen molar-refractivity contribution in [2.75, 3.05) is 19.6 Å². The Morgan fingerprint density at radius 1 is 0.870 bits per heavy atom. The van der Waals surface area contributed by atoms with E-state index in [1.165, 1.54) is 0 Å². The molecule has 0 saturated heterocycles. The molecule has 0 bridgehead atoms. The van der Waals surface area contributed by atoms with E-state index in [0.717, 1.165) is 45.2 Å². The van der Waals surface area contributed by atoms with Crippen LogP contribution in [0.1, 0.15) is 71.6 Å². The highest BCUT2D eigenvalue weighted by Crippen LogP contribution is 2.03. The number of hydrogen-bond acceptors (Lipinski definition) is 3. The summed E-state index contributed by atoms with van der Waals surface area (Å²) in [6.07, 6.45) is 5.88. The number of carboxylic acids is 1. The summed E-state index contributed by atoms with van der Waals surface area (Å²) < 4.78 is 0. The maximum atomic E-state index is 12.0. The first-order valence-electron chi connectivity index (χ1n) is 8.77. The van der Waals surface area contributed by atoms with Gasteiger partial charge in [0.15, 0.2) is 0 Å². The van der Waals surface area contributed by atoms with Crippen molar-refractivity contribution in [3.05, 3.63) is 0 Å². The van der Waals surface area contributed by atoms with Crippen LogP contribution in [0.3, 0.4) is 0 Å². The normalized spacial score (nSPS) is 10.3. The lowest BCUT2D eigenvalue weighted by Gasteiger charge is -2.21. The van der Waals surface area contributed by atoms with Crippen LogP contribution in [0.5, 0.6) is 0 Å². The number of unbranched alkanes of at least 4 members (excludes halogenated alkanes) is 3. The number of nitrogens with one attached hydrogen (secondary N) is 1. The zero-order valence-corrected chi connectivity index (χ0v) is 14.6. The minimum absolute atomic E-state index is 0.0533. The van der Waals surface area contributed by atoms with Gasteiger partial charge in [-0.3, -0.25) is 14.4 Å². The Bertz CT molecular complexity index is 353. The Morgan fingerprint density at radius 2 is 1.48 bits per heavy atom.